The summed E-state index contributed by atoms with van der Waals surface area (Å²) in [6.07, 6.45) is -0.266. The second-order valence-corrected chi connectivity index (χ2v) is 5.00. The molecule has 0 aliphatic heterocycles. The van der Waals surface area contributed by atoms with Crippen molar-refractivity contribution in [1.29, 1.82) is 0 Å². The molecular formula is C11H14BrNO3. The lowest BCUT2D eigenvalue weighted by atomic mass is 9.98. The second-order valence-electron chi connectivity index (χ2n) is 4.14. The van der Waals surface area contributed by atoms with Gasteiger partial charge in [0.1, 0.15) is 11.4 Å². The number of phenols is 1. The lowest BCUT2D eigenvalue weighted by Crippen LogP contribution is -2.33. The minimum absolute atomic E-state index is 0.178. The molecule has 0 atom stereocenters. The zero-order valence-electron chi connectivity index (χ0n) is 9.16. The van der Waals surface area contributed by atoms with Crippen molar-refractivity contribution in [3.05, 3.63) is 28.2 Å². The van der Waals surface area contributed by atoms with Gasteiger partial charge in [-0.15, -0.1) is 0 Å². The Balaban J connectivity index is 2.79. The molecule has 0 radical (unpaired) electrons. The van der Waals surface area contributed by atoms with Crippen molar-refractivity contribution in [1.82, 2.24) is 0 Å². The Morgan fingerprint density at radius 1 is 1.56 bits per heavy atom. The summed E-state index contributed by atoms with van der Waals surface area (Å²) < 4.78 is 5.58. The SMILES string of the molecule is CC(C)(Cc1ccc(O)c(Br)c1)OC(N)=O. The van der Waals surface area contributed by atoms with Crippen molar-refractivity contribution >= 4 is 22.0 Å². The van der Waals surface area contributed by atoms with E-state index in [-0.39, 0.29) is 5.75 Å². The molecule has 0 aromatic heterocycles. The van der Waals surface area contributed by atoms with Crippen LogP contribution in [0, 0.1) is 0 Å². The minimum Gasteiger partial charge on any atom is -0.507 e. The smallest absolute Gasteiger partial charge is 0.405 e. The maximum absolute atomic E-state index is 10.7. The number of primary amides is 1. The summed E-state index contributed by atoms with van der Waals surface area (Å²) in [7, 11) is 0. The average Bonchev–Trinajstić information content (AvgIpc) is 2.08. The van der Waals surface area contributed by atoms with Gasteiger partial charge in [0.15, 0.2) is 0 Å². The first kappa shape index (κ1) is 12.8. The highest BCUT2D eigenvalue weighted by Crippen LogP contribution is 2.26. The van der Waals surface area contributed by atoms with Crippen LogP contribution in [0.5, 0.6) is 5.75 Å². The fraction of sp³-hybridized carbons (Fsp3) is 0.364. The quantitative estimate of drug-likeness (QED) is 0.897. The van der Waals surface area contributed by atoms with E-state index in [2.05, 4.69) is 15.9 Å². The van der Waals surface area contributed by atoms with Gasteiger partial charge in [0, 0.05) is 6.42 Å². The number of carbonyl (C=O) groups is 1. The Bertz CT molecular complexity index is 404. The summed E-state index contributed by atoms with van der Waals surface area (Å²) in [6.45, 7) is 3.55. The Hall–Kier alpha value is -1.23. The van der Waals surface area contributed by atoms with Crippen LogP contribution in [0.2, 0.25) is 0 Å². The average molecular weight is 288 g/mol. The predicted molar refractivity (Wildman–Crippen MR) is 64.3 cm³/mol. The van der Waals surface area contributed by atoms with Crippen LogP contribution in [0.15, 0.2) is 22.7 Å². The van der Waals surface area contributed by atoms with Gasteiger partial charge in [-0.1, -0.05) is 6.07 Å². The van der Waals surface area contributed by atoms with Crippen LogP contribution in [0.3, 0.4) is 0 Å². The molecule has 0 saturated heterocycles. The molecule has 1 aromatic rings. The number of benzene rings is 1. The fourth-order valence-electron chi connectivity index (χ4n) is 1.46. The standard InChI is InChI=1S/C11H14BrNO3/c1-11(2,16-10(13)15)6-7-3-4-9(14)8(12)5-7/h3-5,14H,6H2,1-2H3,(H2,13,15). The van der Waals surface area contributed by atoms with Crippen LogP contribution < -0.4 is 5.73 Å². The molecule has 1 rings (SSSR count). The number of nitrogens with two attached hydrogens (primary N) is 1. The minimum atomic E-state index is -0.789. The molecule has 1 aromatic carbocycles. The van der Waals surface area contributed by atoms with Gasteiger partial charge >= 0.3 is 6.09 Å². The molecule has 1 amide bonds. The van der Waals surface area contributed by atoms with E-state index in [4.69, 9.17) is 10.5 Å². The summed E-state index contributed by atoms with van der Waals surface area (Å²) in [5, 5.41) is 9.34. The summed E-state index contributed by atoms with van der Waals surface area (Å²) >= 11 is 3.22. The zero-order valence-corrected chi connectivity index (χ0v) is 10.7. The number of hydrogen-bond donors (Lipinski definition) is 2. The van der Waals surface area contributed by atoms with E-state index in [0.717, 1.165) is 5.56 Å². The molecule has 0 aliphatic carbocycles. The van der Waals surface area contributed by atoms with Gasteiger partial charge in [-0.2, -0.15) is 0 Å². The first-order valence-corrected chi connectivity index (χ1v) is 5.55. The van der Waals surface area contributed by atoms with Crippen molar-refractivity contribution in [2.75, 3.05) is 0 Å². The largest absolute Gasteiger partial charge is 0.507 e. The highest BCUT2D eigenvalue weighted by Gasteiger charge is 2.22. The van der Waals surface area contributed by atoms with E-state index < -0.39 is 11.7 Å². The van der Waals surface area contributed by atoms with Crippen LogP contribution in [-0.4, -0.2) is 16.8 Å². The van der Waals surface area contributed by atoms with Gasteiger partial charge in [0.2, 0.25) is 0 Å². The van der Waals surface area contributed by atoms with E-state index in [9.17, 15) is 9.90 Å². The van der Waals surface area contributed by atoms with Crippen LogP contribution in [0.1, 0.15) is 19.4 Å². The summed E-state index contributed by atoms with van der Waals surface area (Å²) in [5.41, 5.74) is 5.25. The molecular weight excluding hydrogens is 274 g/mol. The van der Waals surface area contributed by atoms with E-state index in [0.29, 0.717) is 10.9 Å². The van der Waals surface area contributed by atoms with Crippen molar-refractivity contribution in [3.63, 3.8) is 0 Å². The van der Waals surface area contributed by atoms with Gasteiger partial charge in [-0.3, -0.25) is 0 Å². The molecule has 0 saturated carbocycles. The van der Waals surface area contributed by atoms with Gasteiger partial charge in [-0.25, -0.2) is 4.79 Å². The molecule has 0 heterocycles. The Labute approximate surface area is 103 Å². The summed E-state index contributed by atoms with van der Waals surface area (Å²) in [6, 6.07) is 5.13. The number of phenolic OH excluding ortho intramolecular Hbond substituents is 1. The lowest BCUT2D eigenvalue weighted by Gasteiger charge is -2.24. The molecule has 88 valence electrons. The number of amides is 1. The summed E-state index contributed by atoms with van der Waals surface area (Å²) in [5.74, 6) is 0.178. The Kier molecular flexibility index (Phi) is 3.80. The maximum atomic E-state index is 10.7. The first-order valence-electron chi connectivity index (χ1n) is 4.76. The third-order valence-electron chi connectivity index (χ3n) is 2.02. The molecule has 0 bridgehead atoms. The molecule has 5 heteroatoms. The predicted octanol–water partition coefficient (Wildman–Crippen LogP) is 2.57. The number of carbonyl (C=O) groups excluding carboxylic acids is 1. The normalized spacial score (nSPS) is 11.2. The van der Waals surface area contributed by atoms with Crippen LogP contribution >= 0.6 is 15.9 Å². The monoisotopic (exact) mass is 287 g/mol. The first-order chi connectivity index (χ1) is 7.30. The second kappa shape index (κ2) is 4.74. The zero-order chi connectivity index (χ0) is 12.3. The third-order valence-corrected chi connectivity index (χ3v) is 2.65. The van der Waals surface area contributed by atoms with Crippen molar-refractivity contribution in [2.24, 2.45) is 5.73 Å². The third kappa shape index (κ3) is 3.73. The van der Waals surface area contributed by atoms with Gasteiger partial charge < -0.3 is 15.6 Å². The van der Waals surface area contributed by atoms with E-state index in [1.54, 1.807) is 32.0 Å². The Morgan fingerprint density at radius 3 is 2.69 bits per heavy atom. The lowest BCUT2D eigenvalue weighted by molar-refractivity contribution is 0.0460. The molecule has 16 heavy (non-hydrogen) atoms. The molecule has 0 spiro atoms. The summed E-state index contributed by atoms with van der Waals surface area (Å²) in [4.78, 5) is 10.7. The van der Waals surface area contributed by atoms with Gasteiger partial charge in [-0.05, 0) is 47.5 Å². The topological polar surface area (TPSA) is 72.6 Å². The van der Waals surface area contributed by atoms with Gasteiger partial charge in [0.25, 0.3) is 0 Å². The van der Waals surface area contributed by atoms with Crippen LogP contribution in [0.25, 0.3) is 0 Å². The maximum Gasteiger partial charge on any atom is 0.405 e. The van der Waals surface area contributed by atoms with E-state index >= 15 is 0 Å². The molecule has 3 N–H and O–H groups in total. The highest BCUT2D eigenvalue weighted by molar-refractivity contribution is 9.10. The van der Waals surface area contributed by atoms with E-state index in [1.807, 2.05) is 0 Å². The van der Waals surface area contributed by atoms with Crippen LogP contribution in [-0.2, 0) is 11.2 Å². The Morgan fingerprint density at radius 2 is 2.19 bits per heavy atom. The van der Waals surface area contributed by atoms with Crippen LogP contribution in [0.4, 0.5) is 4.79 Å². The number of halogens is 1. The van der Waals surface area contributed by atoms with E-state index in [1.165, 1.54) is 0 Å². The number of rotatable bonds is 3. The number of aromatic hydroxyl groups is 1. The van der Waals surface area contributed by atoms with Gasteiger partial charge in [0.05, 0.1) is 4.47 Å². The fourth-order valence-corrected chi connectivity index (χ4v) is 1.89. The highest BCUT2D eigenvalue weighted by atomic mass is 79.9. The van der Waals surface area contributed by atoms with Crippen molar-refractivity contribution in [3.8, 4) is 5.75 Å². The number of ether oxygens (including phenoxy) is 1. The molecule has 0 aliphatic rings. The van der Waals surface area contributed by atoms with Crippen molar-refractivity contribution in [2.45, 2.75) is 25.9 Å². The molecule has 0 unspecified atom stereocenters. The molecule has 0 fully saturated rings. The number of hydrogen-bond acceptors (Lipinski definition) is 3. The molecule has 4 nitrogen and oxygen atoms in total. The van der Waals surface area contributed by atoms with Crippen molar-refractivity contribution < 1.29 is 14.6 Å².